The number of hydrogen-bond acceptors (Lipinski definition) is 2. The summed E-state index contributed by atoms with van der Waals surface area (Å²) in [6.07, 6.45) is 56.0. The Balaban J connectivity index is 0.0000205. The average Bonchev–Trinajstić information content (AvgIpc) is 3.29. The zero-order chi connectivity index (χ0) is 45.3. The van der Waals surface area contributed by atoms with Crippen molar-refractivity contribution in [2.24, 2.45) is 9.98 Å². The quantitative estimate of drug-likeness (QED) is 0.0360. The van der Waals surface area contributed by atoms with E-state index in [2.05, 4.69) is 90.1 Å². The number of nitrogens with zero attached hydrogens (tertiary/aromatic N) is 2. The maximum atomic E-state index is 5.61. The molecule has 0 aliphatic carbocycles. The minimum atomic E-state index is 0. The second-order valence-corrected chi connectivity index (χ2v) is 19.6. The summed E-state index contributed by atoms with van der Waals surface area (Å²) in [6, 6.07) is 14.5. The molecular weight excluding hydrogens is 819 g/mol. The van der Waals surface area contributed by atoms with Crippen LogP contribution < -0.4 is 0 Å². The first-order valence-electron chi connectivity index (χ1n) is 28.1. The molecule has 0 radical (unpaired) electrons. The normalized spacial score (nSPS) is 12.2. The van der Waals surface area contributed by atoms with Gasteiger partial charge in [0, 0.05) is 16.5 Å². The van der Waals surface area contributed by atoms with Crippen molar-refractivity contribution in [3.63, 3.8) is 0 Å². The first kappa shape index (κ1) is 60.0. The molecule has 64 heavy (non-hydrogen) atoms. The summed E-state index contributed by atoms with van der Waals surface area (Å²) >= 11 is 0. The van der Waals surface area contributed by atoms with Crippen LogP contribution in [0.5, 0.6) is 0 Å². The molecule has 0 aliphatic rings. The molecule has 0 heterocycles. The molecule has 2 aromatic rings. The Morgan fingerprint density at radius 3 is 0.984 bits per heavy atom. The van der Waals surface area contributed by atoms with Crippen molar-refractivity contribution in [3.05, 3.63) is 70.8 Å². The van der Waals surface area contributed by atoms with Gasteiger partial charge >= 0.3 is 0 Å². The maximum absolute atomic E-state index is 5.61. The Labute approximate surface area is 410 Å². The maximum Gasteiger partial charge on any atom is 0.0848 e. The van der Waals surface area contributed by atoms with Gasteiger partial charge in [0.1, 0.15) is 0 Å². The van der Waals surface area contributed by atoms with Crippen LogP contribution in [0.1, 0.15) is 289 Å². The Morgan fingerprint density at radius 2 is 0.641 bits per heavy atom. The minimum absolute atomic E-state index is 0. The standard InChI is InChI=1S/C61H104N2.Ni/c1-7-13-19-21-23-24-25-26-27-28-29-30-31-32-33-34-35-36-37-39-41-47-61(63-59-52-56(44-17-11-5)49-57(53-59)45-18-12-6)60(46-40-38-22-20-14-8-2)62-58-50-54(42-15-9-3)48-55(51-58)43-16-10-4;/h41,47-53H,7-40,42-46H2,1-6H3;/b47-41+,62-60+,63-61+;. The second-order valence-electron chi connectivity index (χ2n) is 19.6. The number of allylic oxidation sites excluding steroid dienone is 2. The third-order valence-corrected chi connectivity index (χ3v) is 13.2. The molecule has 0 aliphatic heterocycles. The first-order valence-corrected chi connectivity index (χ1v) is 28.1. The van der Waals surface area contributed by atoms with Crippen LogP contribution in [0, 0.1) is 0 Å². The van der Waals surface area contributed by atoms with Gasteiger partial charge in [-0.05, 0) is 130 Å². The van der Waals surface area contributed by atoms with Gasteiger partial charge in [0.25, 0.3) is 0 Å². The van der Waals surface area contributed by atoms with Crippen molar-refractivity contribution in [1.82, 2.24) is 0 Å². The fourth-order valence-corrected chi connectivity index (χ4v) is 9.06. The van der Waals surface area contributed by atoms with Crippen LogP contribution in [0.2, 0.25) is 0 Å². The SMILES string of the molecule is CCCCCCCCCCCCCCCCCCCCC/C=C/C(=N\c1cc(CCCC)cc(CCCC)c1)C(/CCCCCCCC)=N/c1cc(CCCC)cc(CCCC)c1.[Ni]. The van der Waals surface area contributed by atoms with Gasteiger partial charge in [-0.15, -0.1) is 0 Å². The van der Waals surface area contributed by atoms with Crippen LogP contribution in [0.4, 0.5) is 11.4 Å². The van der Waals surface area contributed by atoms with Crippen molar-refractivity contribution in [2.45, 2.75) is 292 Å². The van der Waals surface area contributed by atoms with Crippen molar-refractivity contribution in [3.8, 4) is 0 Å². The summed E-state index contributed by atoms with van der Waals surface area (Å²) in [6.45, 7) is 13.8. The molecule has 0 saturated heterocycles. The molecule has 0 bridgehead atoms. The second kappa shape index (κ2) is 43.6. The van der Waals surface area contributed by atoms with Gasteiger partial charge in [0.05, 0.1) is 22.8 Å². The summed E-state index contributed by atoms with van der Waals surface area (Å²) in [5.41, 5.74) is 10.3. The van der Waals surface area contributed by atoms with Crippen LogP contribution in [0.3, 0.4) is 0 Å². The smallest absolute Gasteiger partial charge is 0.0848 e. The van der Waals surface area contributed by atoms with Gasteiger partial charge in [0.2, 0.25) is 0 Å². The van der Waals surface area contributed by atoms with E-state index in [1.54, 1.807) is 0 Å². The Hall–Kier alpha value is -1.99. The van der Waals surface area contributed by atoms with Gasteiger partial charge < -0.3 is 0 Å². The van der Waals surface area contributed by atoms with E-state index in [0.717, 1.165) is 55.6 Å². The molecule has 0 spiro atoms. The van der Waals surface area contributed by atoms with Crippen molar-refractivity contribution < 1.29 is 16.5 Å². The molecule has 0 atom stereocenters. The van der Waals surface area contributed by atoms with Crippen LogP contribution >= 0.6 is 0 Å². The average molecular weight is 924 g/mol. The van der Waals surface area contributed by atoms with Gasteiger partial charge in [-0.1, -0.05) is 233 Å². The van der Waals surface area contributed by atoms with E-state index in [-0.39, 0.29) is 16.5 Å². The summed E-state index contributed by atoms with van der Waals surface area (Å²) in [4.78, 5) is 11.2. The molecule has 0 amide bonds. The van der Waals surface area contributed by atoms with Crippen LogP contribution in [-0.4, -0.2) is 11.4 Å². The summed E-state index contributed by atoms with van der Waals surface area (Å²) in [7, 11) is 0. The first-order chi connectivity index (χ1) is 31.1. The number of hydrogen-bond donors (Lipinski definition) is 0. The van der Waals surface area contributed by atoms with Gasteiger partial charge in [-0.2, -0.15) is 0 Å². The van der Waals surface area contributed by atoms with E-state index in [0.29, 0.717) is 0 Å². The number of aliphatic imine (C=N–C) groups is 2. The van der Waals surface area contributed by atoms with Crippen LogP contribution in [0.15, 0.2) is 58.5 Å². The van der Waals surface area contributed by atoms with Gasteiger partial charge in [0.15, 0.2) is 0 Å². The van der Waals surface area contributed by atoms with E-state index in [1.165, 1.54) is 240 Å². The van der Waals surface area contributed by atoms with E-state index < -0.39 is 0 Å². The molecular formula is C61H104N2Ni. The molecule has 0 fully saturated rings. The zero-order valence-electron chi connectivity index (χ0n) is 43.4. The van der Waals surface area contributed by atoms with Crippen molar-refractivity contribution in [2.75, 3.05) is 0 Å². The molecule has 2 rings (SSSR count). The van der Waals surface area contributed by atoms with Crippen molar-refractivity contribution >= 4 is 22.8 Å². The Kier molecular flexibility index (Phi) is 40.9. The largest absolute Gasteiger partial charge is 0.251 e. The Bertz CT molecular complexity index is 1400. The molecule has 0 unspecified atom stereocenters. The number of unbranched alkanes of at least 4 members (excludes halogenated alkanes) is 28. The number of aryl methyl sites for hydroxylation is 4. The minimum Gasteiger partial charge on any atom is -0.251 e. The number of benzene rings is 2. The Morgan fingerprint density at radius 1 is 0.344 bits per heavy atom. The fourth-order valence-electron chi connectivity index (χ4n) is 9.06. The molecule has 368 valence electrons. The summed E-state index contributed by atoms with van der Waals surface area (Å²) in [5, 5.41) is 0. The summed E-state index contributed by atoms with van der Waals surface area (Å²) < 4.78 is 0. The number of rotatable bonds is 43. The van der Waals surface area contributed by atoms with Crippen LogP contribution in [0.25, 0.3) is 0 Å². The third-order valence-electron chi connectivity index (χ3n) is 13.2. The van der Waals surface area contributed by atoms with Crippen LogP contribution in [-0.2, 0) is 42.2 Å². The van der Waals surface area contributed by atoms with E-state index in [4.69, 9.17) is 9.98 Å². The third kappa shape index (κ3) is 31.8. The topological polar surface area (TPSA) is 24.7 Å². The predicted octanol–water partition coefficient (Wildman–Crippen LogP) is 21.0. The molecule has 0 aromatic heterocycles. The molecule has 0 saturated carbocycles. The van der Waals surface area contributed by atoms with Crippen molar-refractivity contribution in [1.29, 1.82) is 0 Å². The molecule has 0 N–H and O–H groups in total. The monoisotopic (exact) mass is 923 g/mol. The predicted molar refractivity (Wildman–Crippen MR) is 287 cm³/mol. The van der Waals surface area contributed by atoms with E-state index in [9.17, 15) is 0 Å². The zero-order valence-corrected chi connectivity index (χ0v) is 44.4. The van der Waals surface area contributed by atoms with E-state index in [1.807, 2.05) is 0 Å². The van der Waals surface area contributed by atoms with E-state index >= 15 is 0 Å². The summed E-state index contributed by atoms with van der Waals surface area (Å²) in [5.74, 6) is 0. The van der Waals surface area contributed by atoms with Gasteiger partial charge in [-0.25, -0.2) is 4.99 Å². The fraction of sp³-hybridized carbons (Fsp3) is 0.738. The molecule has 2 aromatic carbocycles. The van der Waals surface area contributed by atoms with Gasteiger partial charge in [-0.3, -0.25) is 4.99 Å². The molecule has 2 nitrogen and oxygen atoms in total. The molecule has 3 heteroatoms.